The van der Waals surface area contributed by atoms with E-state index in [1.54, 1.807) is 4.90 Å². The second-order valence-corrected chi connectivity index (χ2v) is 8.29. The first kappa shape index (κ1) is 24.1. The first-order valence-electron chi connectivity index (χ1n) is 10.5. The van der Waals surface area contributed by atoms with E-state index in [0.29, 0.717) is 12.6 Å². The number of carbonyl (C=O) groups is 1. The lowest BCUT2D eigenvalue weighted by molar-refractivity contribution is 0.257. The molecule has 1 atom stereocenters. The number of fused-ring (bicyclic) bond motifs is 2. The molecule has 2 amide bonds. The second kappa shape index (κ2) is 9.52. The number of rotatable bonds is 2. The molecule has 0 aliphatic carbocycles. The Kier molecular flexibility index (Phi) is 7.17. The molecule has 0 saturated carbocycles. The maximum atomic E-state index is 13.1. The molecule has 1 saturated heterocycles. The average Bonchev–Trinajstić information content (AvgIpc) is 3.31. The molecule has 3 aromatic rings. The van der Waals surface area contributed by atoms with Crippen molar-refractivity contribution < 1.29 is 4.79 Å². The summed E-state index contributed by atoms with van der Waals surface area (Å²) in [6.07, 6.45) is 6.51. The zero-order valence-corrected chi connectivity index (χ0v) is 20.1. The van der Waals surface area contributed by atoms with Gasteiger partial charge in [0.25, 0.3) is 0 Å². The number of hydrogen-bond acceptors (Lipinski definition) is 5. The Balaban J connectivity index is 0.00000144. The molecule has 5 heterocycles. The van der Waals surface area contributed by atoms with Crippen molar-refractivity contribution in [2.75, 3.05) is 41.3 Å². The number of piperazine rings is 1. The number of hydrogen-bond donors (Lipinski definition) is 2. The van der Waals surface area contributed by atoms with Crippen molar-refractivity contribution >= 4 is 53.7 Å². The van der Waals surface area contributed by atoms with Crippen LogP contribution < -0.4 is 20.4 Å². The van der Waals surface area contributed by atoms with E-state index in [9.17, 15) is 4.79 Å². The number of carbonyl (C=O) groups excluding carboxylic acids is 1. The maximum absolute atomic E-state index is 13.1. The highest BCUT2D eigenvalue weighted by Gasteiger charge is 2.30. The van der Waals surface area contributed by atoms with E-state index >= 15 is 0 Å². The standard InChI is InChI=1S/C22H27N7O.2ClH/c1-14-10-17(13-28-12-16(3)25-20(14)28)26-22(30)29-8-5-18-19(4-6-24-21(18)29)27-9-7-23-15(2)11-27;;/h4,6,10,12-13,15,23H,5,7-9,11H2,1-3H3,(H,26,30);2*1H/t15-;;/m0../s1. The van der Waals surface area contributed by atoms with Gasteiger partial charge < -0.3 is 19.9 Å². The van der Waals surface area contributed by atoms with Crippen LogP contribution in [0.15, 0.2) is 30.7 Å². The minimum Gasteiger partial charge on any atom is -0.368 e. The van der Waals surface area contributed by atoms with Crippen molar-refractivity contribution in [1.29, 1.82) is 0 Å². The predicted octanol–water partition coefficient (Wildman–Crippen LogP) is 3.58. The third-order valence-electron chi connectivity index (χ3n) is 5.91. The molecule has 5 rings (SSSR count). The van der Waals surface area contributed by atoms with Crippen molar-refractivity contribution in [1.82, 2.24) is 19.7 Å². The summed E-state index contributed by atoms with van der Waals surface area (Å²) in [6, 6.07) is 4.34. The summed E-state index contributed by atoms with van der Waals surface area (Å²) in [5.74, 6) is 0.771. The molecule has 10 heteroatoms. The molecule has 0 unspecified atom stereocenters. The molecule has 0 radical (unpaired) electrons. The number of halogens is 2. The van der Waals surface area contributed by atoms with E-state index in [-0.39, 0.29) is 30.8 Å². The van der Waals surface area contributed by atoms with E-state index in [4.69, 9.17) is 0 Å². The van der Waals surface area contributed by atoms with Gasteiger partial charge >= 0.3 is 6.03 Å². The van der Waals surface area contributed by atoms with Gasteiger partial charge in [-0.25, -0.2) is 14.8 Å². The first-order chi connectivity index (χ1) is 14.5. The van der Waals surface area contributed by atoms with E-state index in [1.807, 2.05) is 42.9 Å². The highest BCUT2D eigenvalue weighted by molar-refractivity contribution is 6.03. The molecule has 32 heavy (non-hydrogen) atoms. The Hall–Kier alpha value is -2.55. The summed E-state index contributed by atoms with van der Waals surface area (Å²) in [7, 11) is 0. The lowest BCUT2D eigenvalue weighted by Gasteiger charge is -2.34. The molecule has 3 aromatic heterocycles. The molecule has 0 bridgehead atoms. The largest absolute Gasteiger partial charge is 0.368 e. The molecule has 172 valence electrons. The Morgan fingerprint density at radius 1 is 1.22 bits per heavy atom. The third-order valence-corrected chi connectivity index (χ3v) is 5.91. The summed E-state index contributed by atoms with van der Waals surface area (Å²) in [4.78, 5) is 26.3. The summed E-state index contributed by atoms with van der Waals surface area (Å²) in [6.45, 7) is 9.71. The number of imidazole rings is 1. The molecule has 2 aliphatic heterocycles. The summed E-state index contributed by atoms with van der Waals surface area (Å²) in [5, 5.41) is 6.53. The zero-order chi connectivity index (χ0) is 20.8. The van der Waals surface area contributed by atoms with Crippen molar-refractivity contribution in [2.45, 2.75) is 33.2 Å². The Morgan fingerprint density at radius 2 is 2.03 bits per heavy atom. The van der Waals surface area contributed by atoms with Gasteiger partial charge in [-0.3, -0.25) is 4.90 Å². The Bertz CT molecular complexity index is 1130. The maximum Gasteiger partial charge on any atom is 0.327 e. The van der Waals surface area contributed by atoms with Crippen LogP contribution in [0.3, 0.4) is 0 Å². The summed E-state index contributed by atoms with van der Waals surface area (Å²) in [5.41, 5.74) is 6.01. The SMILES string of the molecule is Cc1cn2cc(NC(=O)N3CCc4c(N5CCN[C@@H](C)C5)ccnc43)cc(C)c2n1.Cl.Cl. The zero-order valence-electron chi connectivity index (χ0n) is 18.5. The van der Waals surface area contributed by atoms with Crippen LogP contribution in [-0.2, 0) is 6.42 Å². The summed E-state index contributed by atoms with van der Waals surface area (Å²) < 4.78 is 1.96. The number of pyridine rings is 2. The van der Waals surface area contributed by atoms with Crippen LogP contribution >= 0.6 is 24.8 Å². The van der Waals surface area contributed by atoms with Crippen molar-refractivity contribution in [3.8, 4) is 0 Å². The Labute approximate surface area is 200 Å². The van der Waals surface area contributed by atoms with Crippen LogP contribution in [0.1, 0.15) is 23.7 Å². The number of aryl methyl sites for hydroxylation is 2. The monoisotopic (exact) mass is 477 g/mol. The van der Waals surface area contributed by atoms with Gasteiger partial charge in [-0.15, -0.1) is 24.8 Å². The fourth-order valence-corrected chi connectivity index (χ4v) is 4.57. The minimum atomic E-state index is -0.150. The summed E-state index contributed by atoms with van der Waals surface area (Å²) >= 11 is 0. The number of nitrogens with one attached hydrogen (secondary N) is 2. The van der Waals surface area contributed by atoms with Gasteiger partial charge in [0.1, 0.15) is 11.5 Å². The van der Waals surface area contributed by atoms with Gasteiger partial charge in [0.05, 0.1) is 11.4 Å². The average molecular weight is 478 g/mol. The van der Waals surface area contributed by atoms with Crippen LogP contribution in [0.4, 0.5) is 22.0 Å². The van der Waals surface area contributed by atoms with E-state index in [2.05, 4.69) is 38.5 Å². The molecule has 0 aromatic carbocycles. The highest BCUT2D eigenvalue weighted by Crippen LogP contribution is 2.34. The molecule has 2 aliphatic rings. The van der Waals surface area contributed by atoms with Gasteiger partial charge in [0, 0.05) is 62.1 Å². The fraction of sp³-hybridized carbons (Fsp3) is 0.409. The highest BCUT2D eigenvalue weighted by atomic mass is 35.5. The van der Waals surface area contributed by atoms with Crippen LogP contribution in [-0.4, -0.2) is 52.6 Å². The van der Waals surface area contributed by atoms with Gasteiger partial charge in [-0.1, -0.05) is 0 Å². The van der Waals surface area contributed by atoms with E-state index < -0.39 is 0 Å². The van der Waals surface area contributed by atoms with Gasteiger partial charge in [0.15, 0.2) is 0 Å². The topological polar surface area (TPSA) is 77.8 Å². The third kappa shape index (κ3) is 4.35. The van der Waals surface area contributed by atoms with Crippen molar-refractivity contribution in [3.63, 3.8) is 0 Å². The second-order valence-electron chi connectivity index (χ2n) is 8.29. The van der Waals surface area contributed by atoms with E-state index in [1.165, 1.54) is 11.3 Å². The van der Waals surface area contributed by atoms with Crippen molar-refractivity contribution in [3.05, 3.63) is 47.5 Å². The van der Waals surface area contributed by atoms with Crippen LogP contribution in [0.5, 0.6) is 0 Å². The minimum absolute atomic E-state index is 0. The Morgan fingerprint density at radius 3 is 2.81 bits per heavy atom. The molecule has 2 N–H and O–H groups in total. The lowest BCUT2D eigenvalue weighted by Crippen LogP contribution is -2.49. The van der Waals surface area contributed by atoms with Crippen molar-refractivity contribution in [2.24, 2.45) is 0 Å². The smallest absolute Gasteiger partial charge is 0.327 e. The molecule has 1 fully saturated rings. The molecular weight excluding hydrogens is 449 g/mol. The van der Waals surface area contributed by atoms with Crippen LogP contribution in [0.2, 0.25) is 0 Å². The molecular formula is C22H29Cl2N7O. The van der Waals surface area contributed by atoms with Crippen LogP contribution in [0.25, 0.3) is 5.65 Å². The van der Waals surface area contributed by atoms with Crippen LogP contribution in [0, 0.1) is 13.8 Å². The lowest BCUT2D eigenvalue weighted by atomic mass is 10.1. The fourth-order valence-electron chi connectivity index (χ4n) is 4.57. The van der Waals surface area contributed by atoms with Gasteiger partial charge in [-0.2, -0.15) is 0 Å². The normalized spacial score (nSPS) is 17.5. The molecule has 0 spiro atoms. The van der Waals surface area contributed by atoms with Gasteiger partial charge in [-0.05, 0) is 44.9 Å². The number of aromatic nitrogens is 3. The van der Waals surface area contributed by atoms with Gasteiger partial charge in [0.2, 0.25) is 0 Å². The number of anilines is 3. The first-order valence-corrected chi connectivity index (χ1v) is 10.5. The number of nitrogens with zero attached hydrogens (tertiary/aromatic N) is 5. The number of urea groups is 1. The predicted molar refractivity (Wildman–Crippen MR) is 133 cm³/mol. The number of amides is 2. The quantitative estimate of drug-likeness (QED) is 0.589. The van der Waals surface area contributed by atoms with E-state index in [0.717, 1.165) is 54.5 Å². The molecule has 8 nitrogen and oxygen atoms in total.